The van der Waals surface area contributed by atoms with Crippen molar-refractivity contribution in [3.8, 4) is 0 Å². The van der Waals surface area contributed by atoms with Crippen molar-refractivity contribution >= 4 is 5.82 Å². The predicted octanol–water partition coefficient (Wildman–Crippen LogP) is -1.46. The molecule has 0 aliphatic heterocycles. The van der Waals surface area contributed by atoms with Crippen molar-refractivity contribution in [2.45, 2.75) is 6.73 Å². The van der Waals surface area contributed by atoms with E-state index in [-0.39, 0.29) is 19.9 Å². The molecule has 0 aliphatic rings. The van der Waals surface area contributed by atoms with Crippen LogP contribution < -0.4 is 16.6 Å². The zero-order valence-electron chi connectivity index (χ0n) is 8.32. The molecular weight excluding hydrogens is 202 g/mol. The number of ether oxygens (including phenoxy) is 1. The lowest BCUT2D eigenvalue weighted by atomic mass is 10.5. The van der Waals surface area contributed by atoms with Crippen LogP contribution in [0.25, 0.3) is 0 Å². The highest BCUT2D eigenvalue weighted by Crippen LogP contribution is 1.98. The van der Waals surface area contributed by atoms with E-state index in [1.54, 1.807) is 7.05 Å². The van der Waals surface area contributed by atoms with Gasteiger partial charge in [0.05, 0.1) is 13.2 Å². The quantitative estimate of drug-likeness (QED) is 0.522. The van der Waals surface area contributed by atoms with Crippen LogP contribution in [0.4, 0.5) is 5.82 Å². The van der Waals surface area contributed by atoms with Crippen molar-refractivity contribution in [1.29, 1.82) is 0 Å². The lowest BCUT2D eigenvalue weighted by Gasteiger charge is -2.10. The van der Waals surface area contributed by atoms with Crippen LogP contribution in [0.1, 0.15) is 0 Å². The summed E-state index contributed by atoms with van der Waals surface area (Å²) in [6, 6.07) is 1.25. The molecule has 0 aromatic carbocycles. The summed E-state index contributed by atoms with van der Waals surface area (Å²) in [5.74, 6) is 0.363. The summed E-state index contributed by atoms with van der Waals surface area (Å²) in [6.07, 6.45) is 0. The molecule has 15 heavy (non-hydrogen) atoms. The molecule has 0 aliphatic carbocycles. The standard InChI is InChI=1S/C8H13N3O4/c1-9-6-4-7(13)10-8(14)11(6)5-15-3-2-12/h4,9,12H,2-3,5H2,1H3,(H,10,13,14). The summed E-state index contributed by atoms with van der Waals surface area (Å²) in [5.41, 5.74) is -1.02. The Morgan fingerprint density at radius 3 is 2.93 bits per heavy atom. The fourth-order valence-corrected chi connectivity index (χ4v) is 1.08. The number of nitrogens with one attached hydrogen (secondary N) is 2. The van der Waals surface area contributed by atoms with E-state index in [0.29, 0.717) is 5.82 Å². The van der Waals surface area contributed by atoms with Gasteiger partial charge in [-0.25, -0.2) is 4.79 Å². The van der Waals surface area contributed by atoms with Crippen molar-refractivity contribution in [2.75, 3.05) is 25.6 Å². The molecule has 0 saturated heterocycles. The first-order valence-corrected chi connectivity index (χ1v) is 4.39. The van der Waals surface area contributed by atoms with Crippen molar-refractivity contribution in [2.24, 2.45) is 0 Å². The Bertz CT molecular complexity index is 423. The maximum atomic E-state index is 11.3. The van der Waals surface area contributed by atoms with E-state index in [1.807, 2.05) is 0 Å². The summed E-state index contributed by atoms with van der Waals surface area (Å²) in [7, 11) is 1.59. The first-order valence-electron chi connectivity index (χ1n) is 4.39. The highest BCUT2D eigenvalue weighted by molar-refractivity contribution is 5.32. The maximum Gasteiger partial charge on any atom is 0.331 e. The van der Waals surface area contributed by atoms with Crippen molar-refractivity contribution < 1.29 is 9.84 Å². The summed E-state index contributed by atoms with van der Waals surface area (Å²) >= 11 is 0. The minimum absolute atomic E-state index is 0.0215. The Kier molecular flexibility index (Phi) is 4.07. The number of rotatable bonds is 5. The average molecular weight is 215 g/mol. The maximum absolute atomic E-state index is 11.3. The van der Waals surface area contributed by atoms with Gasteiger partial charge >= 0.3 is 5.69 Å². The summed E-state index contributed by atoms with van der Waals surface area (Å²) < 4.78 is 6.20. The van der Waals surface area contributed by atoms with Gasteiger partial charge in [0, 0.05) is 13.1 Å². The highest BCUT2D eigenvalue weighted by atomic mass is 16.5. The van der Waals surface area contributed by atoms with Crippen LogP contribution in [-0.2, 0) is 11.5 Å². The van der Waals surface area contributed by atoms with Gasteiger partial charge in [-0.1, -0.05) is 0 Å². The van der Waals surface area contributed by atoms with Gasteiger partial charge in [-0.3, -0.25) is 14.3 Å². The molecule has 0 bridgehead atoms. The van der Waals surface area contributed by atoms with Crippen LogP contribution in [0.3, 0.4) is 0 Å². The fraction of sp³-hybridized carbons (Fsp3) is 0.500. The van der Waals surface area contributed by atoms with Crippen LogP contribution in [0.2, 0.25) is 0 Å². The van der Waals surface area contributed by atoms with Crippen molar-refractivity contribution in [3.63, 3.8) is 0 Å². The summed E-state index contributed by atoms with van der Waals surface area (Å²) in [4.78, 5) is 24.4. The molecule has 0 unspecified atom stereocenters. The molecule has 7 heteroatoms. The lowest BCUT2D eigenvalue weighted by Crippen LogP contribution is -2.32. The molecule has 0 spiro atoms. The highest BCUT2D eigenvalue weighted by Gasteiger charge is 2.03. The van der Waals surface area contributed by atoms with Crippen LogP contribution in [0.5, 0.6) is 0 Å². The van der Waals surface area contributed by atoms with Gasteiger partial charge in [0.1, 0.15) is 12.5 Å². The van der Waals surface area contributed by atoms with Crippen molar-refractivity contribution in [3.05, 3.63) is 26.9 Å². The van der Waals surface area contributed by atoms with Gasteiger partial charge in [-0.05, 0) is 0 Å². The van der Waals surface area contributed by atoms with E-state index in [0.717, 1.165) is 0 Å². The second-order valence-corrected chi connectivity index (χ2v) is 2.76. The topological polar surface area (TPSA) is 96.4 Å². The van der Waals surface area contributed by atoms with Crippen LogP contribution in [0, 0.1) is 0 Å². The second kappa shape index (κ2) is 5.32. The first-order chi connectivity index (χ1) is 7.19. The second-order valence-electron chi connectivity index (χ2n) is 2.76. The Hall–Kier alpha value is -1.60. The van der Waals surface area contributed by atoms with Gasteiger partial charge in [0.15, 0.2) is 0 Å². The van der Waals surface area contributed by atoms with Gasteiger partial charge in [-0.2, -0.15) is 0 Å². The van der Waals surface area contributed by atoms with E-state index < -0.39 is 11.2 Å². The number of aromatic amines is 1. The summed E-state index contributed by atoms with van der Waals surface area (Å²) in [5, 5.41) is 11.2. The van der Waals surface area contributed by atoms with E-state index in [4.69, 9.17) is 9.84 Å². The van der Waals surface area contributed by atoms with Gasteiger partial charge in [0.25, 0.3) is 5.56 Å². The molecule has 0 amide bonds. The smallest absolute Gasteiger partial charge is 0.331 e. The molecule has 84 valence electrons. The largest absolute Gasteiger partial charge is 0.394 e. The molecule has 0 fully saturated rings. The zero-order chi connectivity index (χ0) is 11.3. The van der Waals surface area contributed by atoms with Gasteiger partial charge in [-0.15, -0.1) is 0 Å². The molecule has 1 rings (SSSR count). The molecular formula is C8H13N3O4. The molecule has 0 radical (unpaired) electrons. The predicted molar refractivity (Wildman–Crippen MR) is 53.9 cm³/mol. The molecule has 0 atom stereocenters. The third kappa shape index (κ3) is 2.93. The number of aliphatic hydroxyl groups is 1. The van der Waals surface area contributed by atoms with Crippen LogP contribution >= 0.6 is 0 Å². The van der Waals surface area contributed by atoms with E-state index in [2.05, 4.69) is 10.3 Å². The monoisotopic (exact) mass is 215 g/mol. The zero-order valence-corrected chi connectivity index (χ0v) is 8.32. The molecule has 1 aromatic rings. The number of H-pyrrole nitrogens is 1. The van der Waals surface area contributed by atoms with Crippen LogP contribution in [0.15, 0.2) is 15.7 Å². The Balaban J connectivity index is 2.94. The minimum atomic E-state index is -0.551. The molecule has 1 aromatic heterocycles. The van der Waals surface area contributed by atoms with Crippen LogP contribution in [-0.4, -0.2) is 34.9 Å². The Labute approximate surface area is 85.3 Å². The molecule has 1 heterocycles. The Morgan fingerprint density at radius 1 is 1.60 bits per heavy atom. The van der Waals surface area contributed by atoms with Gasteiger partial charge < -0.3 is 15.2 Å². The number of hydrogen-bond donors (Lipinski definition) is 3. The SMILES string of the molecule is CNc1cc(=O)[nH]c(=O)n1COCCO. The number of anilines is 1. The van der Waals surface area contributed by atoms with E-state index in [9.17, 15) is 9.59 Å². The third-order valence-corrected chi connectivity index (χ3v) is 1.75. The third-order valence-electron chi connectivity index (χ3n) is 1.75. The first kappa shape index (κ1) is 11.5. The van der Waals surface area contributed by atoms with E-state index >= 15 is 0 Å². The van der Waals surface area contributed by atoms with Crippen molar-refractivity contribution in [1.82, 2.24) is 9.55 Å². The number of nitrogens with zero attached hydrogens (tertiary/aromatic N) is 1. The molecule has 0 saturated carbocycles. The fourth-order valence-electron chi connectivity index (χ4n) is 1.08. The Morgan fingerprint density at radius 2 is 2.33 bits per heavy atom. The molecule has 3 N–H and O–H groups in total. The number of aromatic nitrogens is 2. The molecule has 7 nitrogen and oxygen atoms in total. The number of aliphatic hydroxyl groups excluding tert-OH is 1. The average Bonchev–Trinajstić information content (AvgIpc) is 2.20. The number of hydrogen-bond acceptors (Lipinski definition) is 5. The van der Waals surface area contributed by atoms with Gasteiger partial charge in [0.2, 0.25) is 0 Å². The van der Waals surface area contributed by atoms with E-state index in [1.165, 1.54) is 10.6 Å². The normalized spacial score (nSPS) is 10.3. The minimum Gasteiger partial charge on any atom is -0.394 e. The summed E-state index contributed by atoms with van der Waals surface area (Å²) in [6.45, 7) is -0.00589. The lowest BCUT2D eigenvalue weighted by molar-refractivity contribution is 0.0467.